The Kier molecular flexibility index (Phi) is 5.74. The SMILES string of the molecule is C[C@@H](CO)N(C)C(=O)CCc1c(-c2ccc(F)cc2)[nH]c2c(F)cc(F)cc12. The van der Waals surface area contributed by atoms with Gasteiger partial charge in [-0.15, -0.1) is 0 Å². The van der Waals surface area contributed by atoms with E-state index in [1.807, 2.05) is 0 Å². The van der Waals surface area contributed by atoms with Crippen molar-refractivity contribution in [2.24, 2.45) is 0 Å². The fourth-order valence-corrected chi connectivity index (χ4v) is 3.17. The average Bonchev–Trinajstić information content (AvgIpc) is 3.04. The van der Waals surface area contributed by atoms with Gasteiger partial charge in [0.05, 0.1) is 18.2 Å². The number of aliphatic hydroxyl groups excluding tert-OH is 1. The molecule has 0 bridgehead atoms. The standard InChI is InChI=1S/C21H21F3N2O2/c1-12(11-27)26(2)19(28)8-7-16-17-9-15(23)10-18(24)21(17)25-20(16)13-3-5-14(22)6-4-13/h3-6,9-10,12,25,27H,7-8,11H2,1-2H3/t12-/m0/s1. The number of hydrogen-bond acceptors (Lipinski definition) is 2. The molecule has 7 heteroatoms. The minimum atomic E-state index is -0.734. The van der Waals surface area contributed by atoms with Gasteiger partial charge in [0.15, 0.2) is 0 Å². The first-order valence-electron chi connectivity index (χ1n) is 8.94. The lowest BCUT2D eigenvalue weighted by molar-refractivity contribution is -0.132. The zero-order valence-electron chi connectivity index (χ0n) is 15.6. The number of halogens is 3. The number of aromatic amines is 1. The molecule has 0 spiro atoms. The molecule has 1 heterocycles. The molecule has 3 aromatic rings. The Morgan fingerprint density at radius 1 is 1.14 bits per heavy atom. The Balaban J connectivity index is 2.02. The normalized spacial score (nSPS) is 12.4. The lowest BCUT2D eigenvalue weighted by Crippen LogP contribution is -2.37. The zero-order chi connectivity index (χ0) is 20.4. The van der Waals surface area contributed by atoms with Gasteiger partial charge in [-0.25, -0.2) is 13.2 Å². The maximum Gasteiger partial charge on any atom is 0.222 e. The molecule has 0 aliphatic heterocycles. The van der Waals surface area contributed by atoms with Crippen molar-refractivity contribution in [3.63, 3.8) is 0 Å². The van der Waals surface area contributed by atoms with Gasteiger partial charge in [-0.3, -0.25) is 4.79 Å². The van der Waals surface area contributed by atoms with E-state index in [-0.39, 0.29) is 36.9 Å². The molecule has 0 fully saturated rings. The summed E-state index contributed by atoms with van der Waals surface area (Å²) in [6.45, 7) is 1.56. The van der Waals surface area contributed by atoms with Crippen molar-refractivity contribution in [2.45, 2.75) is 25.8 Å². The van der Waals surface area contributed by atoms with Gasteiger partial charge in [-0.05, 0) is 54.8 Å². The van der Waals surface area contributed by atoms with Crippen molar-refractivity contribution in [3.8, 4) is 11.3 Å². The number of rotatable bonds is 6. The highest BCUT2D eigenvalue weighted by Gasteiger charge is 2.20. The van der Waals surface area contributed by atoms with Gasteiger partial charge in [0, 0.05) is 30.6 Å². The summed E-state index contributed by atoms with van der Waals surface area (Å²) in [4.78, 5) is 16.8. The maximum absolute atomic E-state index is 14.3. The molecular formula is C21H21F3N2O2. The Hall–Kier alpha value is -2.80. The summed E-state index contributed by atoms with van der Waals surface area (Å²) < 4.78 is 41.4. The van der Waals surface area contributed by atoms with Crippen molar-refractivity contribution >= 4 is 16.8 Å². The molecule has 2 aromatic carbocycles. The molecule has 1 atom stereocenters. The van der Waals surface area contributed by atoms with Gasteiger partial charge >= 0.3 is 0 Å². The number of aromatic nitrogens is 1. The quantitative estimate of drug-likeness (QED) is 0.668. The number of amides is 1. The second kappa shape index (κ2) is 8.06. The van der Waals surface area contributed by atoms with Crippen LogP contribution in [0.4, 0.5) is 13.2 Å². The third kappa shape index (κ3) is 3.89. The summed E-state index contributed by atoms with van der Waals surface area (Å²) >= 11 is 0. The van der Waals surface area contributed by atoms with Crippen LogP contribution >= 0.6 is 0 Å². The van der Waals surface area contributed by atoms with E-state index in [0.717, 1.165) is 6.07 Å². The summed E-state index contributed by atoms with van der Waals surface area (Å²) in [7, 11) is 1.60. The van der Waals surface area contributed by atoms with E-state index in [1.54, 1.807) is 26.1 Å². The number of H-pyrrole nitrogens is 1. The highest BCUT2D eigenvalue weighted by molar-refractivity contribution is 5.92. The average molecular weight is 390 g/mol. The van der Waals surface area contributed by atoms with Crippen molar-refractivity contribution in [1.82, 2.24) is 9.88 Å². The van der Waals surface area contributed by atoms with Crippen LogP contribution in [-0.4, -0.2) is 40.6 Å². The van der Waals surface area contributed by atoms with Crippen molar-refractivity contribution in [1.29, 1.82) is 0 Å². The molecule has 3 rings (SSSR count). The van der Waals surface area contributed by atoms with Crippen LogP contribution in [-0.2, 0) is 11.2 Å². The van der Waals surface area contributed by atoms with E-state index >= 15 is 0 Å². The van der Waals surface area contributed by atoms with E-state index in [0.29, 0.717) is 22.2 Å². The van der Waals surface area contributed by atoms with E-state index < -0.39 is 17.5 Å². The number of aryl methyl sites for hydroxylation is 1. The highest BCUT2D eigenvalue weighted by Crippen LogP contribution is 2.33. The predicted octanol–water partition coefficient (Wildman–Crippen LogP) is 4.02. The topological polar surface area (TPSA) is 56.3 Å². The van der Waals surface area contributed by atoms with Crippen LogP contribution in [0.3, 0.4) is 0 Å². The minimum absolute atomic E-state index is 0.0973. The first-order chi connectivity index (χ1) is 13.3. The summed E-state index contributed by atoms with van der Waals surface area (Å²) in [6, 6.07) is 7.33. The summed E-state index contributed by atoms with van der Waals surface area (Å²) in [5, 5.41) is 9.56. The molecule has 28 heavy (non-hydrogen) atoms. The number of nitrogens with zero attached hydrogens (tertiary/aromatic N) is 1. The number of nitrogens with one attached hydrogen (secondary N) is 1. The number of likely N-dealkylation sites (N-methyl/N-ethyl adjacent to an activating group) is 1. The molecule has 0 saturated carbocycles. The first-order valence-corrected chi connectivity index (χ1v) is 8.94. The fourth-order valence-electron chi connectivity index (χ4n) is 3.17. The molecule has 0 unspecified atom stereocenters. The van der Waals surface area contributed by atoms with E-state index in [9.17, 15) is 23.1 Å². The van der Waals surface area contributed by atoms with Crippen LogP contribution in [0.1, 0.15) is 18.9 Å². The Labute approximate surface area is 160 Å². The monoisotopic (exact) mass is 390 g/mol. The van der Waals surface area contributed by atoms with Crippen LogP contribution in [0.25, 0.3) is 22.2 Å². The second-order valence-electron chi connectivity index (χ2n) is 6.83. The molecular weight excluding hydrogens is 369 g/mol. The number of hydrogen-bond donors (Lipinski definition) is 2. The van der Waals surface area contributed by atoms with E-state index in [2.05, 4.69) is 4.98 Å². The fraction of sp³-hybridized carbons (Fsp3) is 0.286. The molecule has 0 aliphatic carbocycles. The lowest BCUT2D eigenvalue weighted by atomic mass is 10.0. The number of carbonyl (C=O) groups excluding carboxylic acids is 1. The van der Waals surface area contributed by atoms with Gasteiger partial charge < -0.3 is 15.0 Å². The molecule has 0 radical (unpaired) electrons. The lowest BCUT2D eigenvalue weighted by Gasteiger charge is -2.23. The van der Waals surface area contributed by atoms with Crippen LogP contribution in [0, 0.1) is 17.5 Å². The first kappa shape index (κ1) is 19.9. The predicted molar refractivity (Wildman–Crippen MR) is 101 cm³/mol. The number of carbonyl (C=O) groups is 1. The zero-order valence-corrected chi connectivity index (χ0v) is 15.6. The number of fused-ring (bicyclic) bond motifs is 1. The third-order valence-electron chi connectivity index (χ3n) is 4.97. The summed E-state index contributed by atoms with van der Waals surface area (Å²) in [5.74, 6) is -2.05. The van der Waals surface area contributed by atoms with Crippen LogP contribution in [0.2, 0.25) is 0 Å². The minimum Gasteiger partial charge on any atom is -0.394 e. The molecule has 1 amide bonds. The Morgan fingerprint density at radius 3 is 2.46 bits per heavy atom. The molecule has 0 saturated heterocycles. The van der Waals surface area contributed by atoms with Gasteiger partial charge in [0.1, 0.15) is 17.5 Å². The Morgan fingerprint density at radius 2 is 1.82 bits per heavy atom. The highest BCUT2D eigenvalue weighted by atomic mass is 19.1. The van der Waals surface area contributed by atoms with Crippen LogP contribution in [0.5, 0.6) is 0 Å². The largest absolute Gasteiger partial charge is 0.394 e. The number of aliphatic hydroxyl groups is 1. The Bertz CT molecular complexity index is 999. The van der Waals surface area contributed by atoms with Crippen molar-refractivity contribution < 1.29 is 23.1 Å². The second-order valence-corrected chi connectivity index (χ2v) is 6.83. The smallest absolute Gasteiger partial charge is 0.222 e. The van der Waals surface area contributed by atoms with Gasteiger partial charge in [-0.1, -0.05) is 0 Å². The van der Waals surface area contributed by atoms with Crippen LogP contribution < -0.4 is 0 Å². The molecule has 1 aromatic heterocycles. The maximum atomic E-state index is 14.3. The molecule has 2 N–H and O–H groups in total. The number of benzene rings is 2. The summed E-state index contributed by atoms with van der Waals surface area (Å²) in [5.41, 5.74) is 1.85. The van der Waals surface area contributed by atoms with E-state index in [1.165, 1.54) is 23.1 Å². The summed E-state index contributed by atoms with van der Waals surface area (Å²) in [6.07, 6.45) is 0.330. The molecule has 148 valence electrons. The van der Waals surface area contributed by atoms with Crippen LogP contribution in [0.15, 0.2) is 36.4 Å². The van der Waals surface area contributed by atoms with Gasteiger partial charge in [0.2, 0.25) is 5.91 Å². The molecule has 4 nitrogen and oxygen atoms in total. The molecule has 0 aliphatic rings. The van der Waals surface area contributed by atoms with Gasteiger partial charge in [0.25, 0.3) is 0 Å². The van der Waals surface area contributed by atoms with Gasteiger partial charge in [-0.2, -0.15) is 0 Å². The van der Waals surface area contributed by atoms with Crippen molar-refractivity contribution in [2.75, 3.05) is 13.7 Å². The van der Waals surface area contributed by atoms with Crippen molar-refractivity contribution in [3.05, 3.63) is 59.4 Å². The third-order valence-corrected chi connectivity index (χ3v) is 4.97. The van der Waals surface area contributed by atoms with E-state index in [4.69, 9.17) is 0 Å².